The van der Waals surface area contributed by atoms with Gasteiger partial charge < -0.3 is 19.7 Å². The Morgan fingerprint density at radius 2 is 2.00 bits per heavy atom. The number of halogens is 3. The fourth-order valence-electron chi connectivity index (χ4n) is 2.91. The van der Waals surface area contributed by atoms with Gasteiger partial charge in [-0.05, 0) is 52.3 Å². The molecule has 1 N–H and O–H groups in total. The highest BCUT2D eigenvalue weighted by atomic mass is 79.9. The standard InChI is InChI=1S/C20H19Br2ClN2O3/c1-27-20-13(10-14(21)11-16(20)22)2-5-19(26)24-15-3-4-18(17(23)12-15)25-6-8-28-9-7-25/h2-5,10-12H,6-9H2,1H3,(H,24,26)/b5-2+. The molecule has 1 aliphatic rings. The number of anilines is 2. The maximum Gasteiger partial charge on any atom is 0.248 e. The lowest BCUT2D eigenvalue weighted by atomic mass is 10.2. The Bertz CT molecular complexity index is 899. The van der Waals surface area contributed by atoms with E-state index in [-0.39, 0.29) is 5.91 Å². The van der Waals surface area contributed by atoms with Crippen LogP contribution in [0.15, 0.2) is 45.4 Å². The number of methoxy groups -OCH3 is 1. The number of hydrogen-bond acceptors (Lipinski definition) is 4. The number of nitrogens with one attached hydrogen (secondary N) is 1. The summed E-state index contributed by atoms with van der Waals surface area (Å²) < 4.78 is 12.4. The molecule has 148 valence electrons. The van der Waals surface area contributed by atoms with E-state index in [4.69, 9.17) is 21.1 Å². The number of rotatable bonds is 5. The van der Waals surface area contributed by atoms with Crippen molar-refractivity contribution < 1.29 is 14.3 Å². The van der Waals surface area contributed by atoms with Gasteiger partial charge in [0.2, 0.25) is 5.91 Å². The third-order valence-electron chi connectivity index (χ3n) is 4.22. The minimum Gasteiger partial charge on any atom is -0.495 e. The predicted octanol–water partition coefficient (Wildman–Crippen LogP) is 5.36. The van der Waals surface area contributed by atoms with Crippen molar-refractivity contribution in [3.8, 4) is 5.75 Å². The molecule has 0 spiro atoms. The number of nitrogens with zero attached hydrogens (tertiary/aromatic N) is 1. The number of hydrogen-bond donors (Lipinski definition) is 1. The second-order valence-electron chi connectivity index (χ2n) is 6.10. The summed E-state index contributed by atoms with van der Waals surface area (Å²) in [6, 6.07) is 9.28. The molecule has 28 heavy (non-hydrogen) atoms. The van der Waals surface area contributed by atoms with Gasteiger partial charge in [0.1, 0.15) is 5.75 Å². The second-order valence-corrected chi connectivity index (χ2v) is 8.28. The summed E-state index contributed by atoms with van der Waals surface area (Å²) >= 11 is 13.3. The van der Waals surface area contributed by atoms with E-state index in [0.717, 1.165) is 33.3 Å². The van der Waals surface area contributed by atoms with Crippen molar-refractivity contribution in [3.63, 3.8) is 0 Å². The van der Waals surface area contributed by atoms with E-state index in [1.165, 1.54) is 6.08 Å². The third kappa shape index (κ3) is 5.29. The largest absolute Gasteiger partial charge is 0.495 e. The predicted molar refractivity (Wildman–Crippen MR) is 121 cm³/mol. The van der Waals surface area contributed by atoms with E-state index in [0.29, 0.717) is 29.7 Å². The third-order valence-corrected chi connectivity index (χ3v) is 5.57. The van der Waals surface area contributed by atoms with E-state index < -0.39 is 0 Å². The number of benzene rings is 2. The van der Waals surface area contributed by atoms with Gasteiger partial charge in [-0.25, -0.2) is 0 Å². The van der Waals surface area contributed by atoms with Crippen LogP contribution in [-0.2, 0) is 9.53 Å². The zero-order valence-corrected chi connectivity index (χ0v) is 19.1. The van der Waals surface area contributed by atoms with Crippen LogP contribution < -0.4 is 15.0 Å². The lowest BCUT2D eigenvalue weighted by molar-refractivity contribution is -0.111. The maximum atomic E-state index is 12.3. The lowest BCUT2D eigenvalue weighted by Gasteiger charge is -2.29. The first-order valence-corrected chi connectivity index (χ1v) is 10.6. The second kappa shape index (κ2) is 9.78. The Kier molecular flexibility index (Phi) is 7.40. The van der Waals surface area contributed by atoms with E-state index in [9.17, 15) is 4.79 Å². The van der Waals surface area contributed by atoms with Crippen molar-refractivity contribution in [3.05, 3.63) is 55.9 Å². The molecule has 0 bridgehead atoms. The van der Waals surface area contributed by atoms with Gasteiger partial charge in [-0.2, -0.15) is 0 Å². The summed E-state index contributed by atoms with van der Waals surface area (Å²) in [7, 11) is 1.59. The Labute approximate surface area is 185 Å². The smallest absolute Gasteiger partial charge is 0.248 e. The summed E-state index contributed by atoms with van der Waals surface area (Å²) in [6.45, 7) is 2.99. The normalized spacial score (nSPS) is 14.4. The van der Waals surface area contributed by atoms with Crippen molar-refractivity contribution in [1.82, 2.24) is 0 Å². The summed E-state index contributed by atoms with van der Waals surface area (Å²) in [5.41, 5.74) is 2.36. The van der Waals surface area contributed by atoms with Crippen LogP contribution in [0.5, 0.6) is 5.75 Å². The van der Waals surface area contributed by atoms with Crippen molar-refractivity contribution in [1.29, 1.82) is 0 Å². The van der Waals surface area contributed by atoms with Crippen LogP contribution >= 0.6 is 43.5 Å². The average molecular weight is 531 g/mol. The van der Waals surface area contributed by atoms with Gasteiger partial charge in [-0.3, -0.25) is 4.79 Å². The van der Waals surface area contributed by atoms with Crippen LogP contribution in [0.2, 0.25) is 5.02 Å². The van der Waals surface area contributed by atoms with Gasteiger partial charge in [0.05, 0.1) is 35.5 Å². The van der Waals surface area contributed by atoms with E-state index in [1.54, 1.807) is 19.3 Å². The molecule has 0 aromatic heterocycles. The van der Waals surface area contributed by atoms with Gasteiger partial charge in [-0.1, -0.05) is 27.5 Å². The molecule has 1 heterocycles. The zero-order valence-electron chi connectivity index (χ0n) is 15.2. The van der Waals surface area contributed by atoms with Crippen LogP contribution in [0, 0.1) is 0 Å². The Morgan fingerprint density at radius 1 is 1.25 bits per heavy atom. The zero-order chi connectivity index (χ0) is 20.1. The molecule has 2 aromatic carbocycles. The monoisotopic (exact) mass is 528 g/mol. The Balaban J connectivity index is 1.70. The molecule has 3 rings (SSSR count). The fourth-order valence-corrected chi connectivity index (χ4v) is 4.63. The van der Waals surface area contributed by atoms with Crippen LogP contribution in [0.25, 0.3) is 6.08 Å². The Morgan fingerprint density at radius 3 is 2.68 bits per heavy atom. The molecule has 2 aromatic rings. The van der Waals surface area contributed by atoms with Crippen molar-refractivity contribution >= 4 is 66.8 Å². The SMILES string of the molecule is COc1c(Br)cc(Br)cc1/C=C/C(=O)Nc1ccc(N2CCOCC2)c(Cl)c1. The average Bonchev–Trinajstić information content (AvgIpc) is 2.67. The first-order valence-electron chi connectivity index (χ1n) is 8.62. The molecule has 1 saturated heterocycles. The summed E-state index contributed by atoms with van der Waals surface area (Å²) in [5, 5.41) is 3.43. The minimum absolute atomic E-state index is 0.256. The van der Waals surface area contributed by atoms with Crippen LogP contribution in [0.4, 0.5) is 11.4 Å². The first kappa shape index (κ1) is 21.2. The van der Waals surface area contributed by atoms with Crippen LogP contribution in [-0.4, -0.2) is 39.3 Å². The first-order chi connectivity index (χ1) is 13.5. The lowest BCUT2D eigenvalue weighted by Crippen LogP contribution is -2.36. The highest BCUT2D eigenvalue weighted by molar-refractivity contribution is 9.11. The molecular weight excluding hydrogens is 511 g/mol. The van der Waals surface area contributed by atoms with Crippen LogP contribution in [0.1, 0.15) is 5.56 Å². The summed E-state index contributed by atoms with van der Waals surface area (Å²) in [5.74, 6) is 0.401. The topological polar surface area (TPSA) is 50.8 Å². The number of carbonyl (C=O) groups is 1. The van der Waals surface area contributed by atoms with Crippen molar-refractivity contribution in [2.24, 2.45) is 0 Å². The minimum atomic E-state index is -0.256. The molecule has 0 aliphatic carbocycles. The molecule has 1 fully saturated rings. The van der Waals surface area contributed by atoms with Gasteiger partial charge in [0, 0.05) is 34.9 Å². The molecular formula is C20H19Br2ClN2O3. The van der Waals surface area contributed by atoms with E-state index in [1.807, 2.05) is 24.3 Å². The highest BCUT2D eigenvalue weighted by Gasteiger charge is 2.14. The molecule has 0 atom stereocenters. The highest BCUT2D eigenvalue weighted by Crippen LogP contribution is 2.33. The number of morpholine rings is 1. The van der Waals surface area contributed by atoms with Crippen molar-refractivity contribution in [2.75, 3.05) is 43.6 Å². The number of amides is 1. The molecule has 1 aliphatic heterocycles. The van der Waals surface area contributed by atoms with Crippen molar-refractivity contribution in [2.45, 2.75) is 0 Å². The van der Waals surface area contributed by atoms with E-state index >= 15 is 0 Å². The molecule has 8 heteroatoms. The van der Waals surface area contributed by atoms with Gasteiger partial charge in [0.15, 0.2) is 0 Å². The van der Waals surface area contributed by atoms with Gasteiger partial charge >= 0.3 is 0 Å². The quantitative estimate of drug-likeness (QED) is 0.529. The molecule has 0 radical (unpaired) electrons. The van der Waals surface area contributed by atoms with Gasteiger partial charge in [0.25, 0.3) is 0 Å². The summed E-state index contributed by atoms with van der Waals surface area (Å²) in [4.78, 5) is 14.5. The van der Waals surface area contributed by atoms with E-state index in [2.05, 4.69) is 42.1 Å². The maximum absolute atomic E-state index is 12.3. The molecule has 0 unspecified atom stereocenters. The van der Waals surface area contributed by atoms with Crippen LogP contribution in [0.3, 0.4) is 0 Å². The Hall–Kier alpha value is -1.54. The number of ether oxygens (including phenoxy) is 2. The fraction of sp³-hybridized carbons (Fsp3) is 0.250. The number of carbonyl (C=O) groups excluding carboxylic acids is 1. The van der Waals surface area contributed by atoms with Gasteiger partial charge in [-0.15, -0.1) is 0 Å². The summed E-state index contributed by atoms with van der Waals surface area (Å²) in [6.07, 6.45) is 3.16. The molecule has 0 saturated carbocycles. The molecule has 1 amide bonds. The molecule has 5 nitrogen and oxygen atoms in total.